The van der Waals surface area contributed by atoms with Gasteiger partial charge in [0.2, 0.25) is 0 Å². The number of amides is 1. The van der Waals surface area contributed by atoms with Crippen LogP contribution in [0.5, 0.6) is 0 Å². The molecule has 0 bridgehead atoms. The van der Waals surface area contributed by atoms with Crippen LogP contribution in [0.3, 0.4) is 0 Å². The minimum Gasteiger partial charge on any atom is -0.358 e. The van der Waals surface area contributed by atoms with Crippen LogP contribution in [0.4, 0.5) is 5.82 Å². The lowest BCUT2D eigenvalue weighted by atomic mass is 10.3. The fraction of sp³-hybridized carbons (Fsp3) is 0.556. The van der Waals surface area contributed by atoms with Crippen molar-refractivity contribution in [1.82, 2.24) is 15.1 Å². The van der Waals surface area contributed by atoms with Crippen molar-refractivity contribution in [1.29, 1.82) is 0 Å². The molecule has 0 saturated heterocycles. The predicted octanol–water partition coefficient (Wildman–Crippen LogP) is -0.414. The van der Waals surface area contributed by atoms with E-state index in [0.29, 0.717) is 0 Å². The quantitative estimate of drug-likeness (QED) is 0.560. The average molecular weight is 290 g/mol. The molecule has 1 aromatic heterocycles. The molecule has 1 amide bonds. The second-order valence-corrected chi connectivity index (χ2v) is 6.17. The van der Waals surface area contributed by atoms with Crippen LogP contribution < -0.4 is 5.32 Å². The average Bonchev–Trinajstić information content (AvgIpc) is 2.80. The lowest BCUT2D eigenvalue weighted by molar-refractivity contribution is -0.390. The van der Waals surface area contributed by atoms with Crippen LogP contribution in [0.1, 0.15) is 17.3 Å². The predicted molar refractivity (Wildman–Crippen MR) is 66.6 cm³/mol. The van der Waals surface area contributed by atoms with E-state index in [1.807, 2.05) is 0 Å². The number of carbonyl (C=O) groups excluding carboxylic acids is 1. The highest BCUT2D eigenvalue weighted by molar-refractivity contribution is 7.91. The third kappa shape index (κ3) is 3.74. The van der Waals surface area contributed by atoms with Gasteiger partial charge in [-0.15, -0.1) is 0 Å². The summed E-state index contributed by atoms with van der Waals surface area (Å²) < 4.78 is 23.8. The highest BCUT2D eigenvalue weighted by atomic mass is 32.2. The molecular formula is C9H14N4O5S. The normalized spacial score (nSPS) is 11.3. The molecule has 1 heterocycles. The fourth-order valence-electron chi connectivity index (χ4n) is 1.33. The second kappa shape index (κ2) is 5.78. The summed E-state index contributed by atoms with van der Waals surface area (Å²) in [5.74, 6) is -1.43. The molecule has 0 aliphatic carbocycles. The van der Waals surface area contributed by atoms with Crippen molar-refractivity contribution >= 4 is 21.6 Å². The van der Waals surface area contributed by atoms with Gasteiger partial charge in [0.15, 0.2) is 15.4 Å². The Morgan fingerprint density at radius 2 is 2.21 bits per heavy atom. The molecule has 1 aromatic rings. The van der Waals surface area contributed by atoms with E-state index in [0.717, 1.165) is 4.68 Å². The van der Waals surface area contributed by atoms with Gasteiger partial charge in [-0.2, -0.15) is 4.68 Å². The van der Waals surface area contributed by atoms with E-state index in [4.69, 9.17) is 0 Å². The minimum absolute atomic E-state index is 0.0152. The largest absolute Gasteiger partial charge is 0.402 e. The van der Waals surface area contributed by atoms with Crippen LogP contribution in [-0.2, 0) is 16.4 Å². The van der Waals surface area contributed by atoms with Gasteiger partial charge in [0, 0.05) is 12.8 Å². The van der Waals surface area contributed by atoms with Gasteiger partial charge in [-0.25, -0.2) is 8.42 Å². The molecule has 1 rings (SSSR count). The molecule has 1 N–H and O–H groups in total. The number of rotatable bonds is 6. The van der Waals surface area contributed by atoms with Gasteiger partial charge in [-0.1, -0.05) is 6.92 Å². The molecule has 0 aromatic carbocycles. The van der Waals surface area contributed by atoms with Crippen molar-refractivity contribution in [3.8, 4) is 0 Å². The topological polar surface area (TPSA) is 124 Å². The highest BCUT2D eigenvalue weighted by Gasteiger charge is 2.26. The van der Waals surface area contributed by atoms with Crippen LogP contribution in [0.2, 0.25) is 0 Å². The SMILES string of the molecule is CCS(=O)(=O)CCn1cc(C(=O)NC)c([N+](=O)[O-])n1. The molecule has 0 saturated carbocycles. The Morgan fingerprint density at radius 1 is 1.58 bits per heavy atom. The molecule has 9 nitrogen and oxygen atoms in total. The van der Waals surface area contributed by atoms with Gasteiger partial charge in [-0.3, -0.25) is 4.79 Å². The molecular weight excluding hydrogens is 276 g/mol. The number of aryl methyl sites for hydroxylation is 1. The number of nitrogens with one attached hydrogen (secondary N) is 1. The van der Waals surface area contributed by atoms with E-state index in [1.165, 1.54) is 20.2 Å². The minimum atomic E-state index is -3.20. The molecule has 0 aliphatic rings. The lowest BCUT2D eigenvalue weighted by Gasteiger charge is -1.98. The molecule has 0 fully saturated rings. The Hall–Kier alpha value is -1.97. The number of carbonyl (C=O) groups is 1. The summed E-state index contributed by atoms with van der Waals surface area (Å²) in [5, 5.41) is 16.6. The van der Waals surface area contributed by atoms with Crippen LogP contribution in [0.15, 0.2) is 6.20 Å². The second-order valence-electron chi connectivity index (χ2n) is 3.70. The van der Waals surface area contributed by atoms with Crippen molar-refractivity contribution in [3.63, 3.8) is 0 Å². The van der Waals surface area contributed by atoms with Gasteiger partial charge in [-0.05, 0) is 4.92 Å². The molecule has 106 valence electrons. The van der Waals surface area contributed by atoms with Crippen molar-refractivity contribution in [2.75, 3.05) is 18.6 Å². The summed E-state index contributed by atoms with van der Waals surface area (Å²) >= 11 is 0. The van der Waals surface area contributed by atoms with E-state index in [1.54, 1.807) is 0 Å². The number of sulfone groups is 1. The van der Waals surface area contributed by atoms with Crippen LogP contribution >= 0.6 is 0 Å². The Labute approximate surface area is 109 Å². The zero-order valence-electron chi connectivity index (χ0n) is 10.5. The van der Waals surface area contributed by atoms with Crippen LogP contribution in [0, 0.1) is 10.1 Å². The maximum absolute atomic E-state index is 11.4. The van der Waals surface area contributed by atoms with Crippen molar-refractivity contribution < 1.29 is 18.1 Å². The Morgan fingerprint density at radius 3 is 2.68 bits per heavy atom. The smallest absolute Gasteiger partial charge is 0.358 e. The molecule has 0 spiro atoms. The molecule has 0 aliphatic heterocycles. The monoisotopic (exact) mass is 290 g/mol. The summed E-state index contributed by atoms with van der Waals surface area (Å²) in [4.78, 5) is 21.4. The molecule has 0 radical (unpaired) electrons. The number of nitro groups is 1. The van der Waals surface area contributed by atoms with E-state index >= 15 is 0 Å². The summed E-state index contributed by atoms with van der Waals surface area (Å²) in [7, 11) is -1.86. The first kappa shape index (κ1) is 15.1. The van der Waals surface area contributed by atoms with Gasteiger partial charge in [0.05, 0.1) is 23.6 Å². The van der Waals surface area contributed by atoms with E-state index < -0.39 is 26.5 Å². The Balaban J connectivity index is 2.99. The summed E-state index contributed by atoms with van der Waals surface area (Å²) in [6.07, 6.45) is 1.17. The fourth-order valence-corrected chi connectivity index (χ4v) is 2.09. The number of hydrogen-bond donors (Lipinski definition) is 1. The maximum atomic E-state index is 11.4. The van der Waals surface area contributed by atoms with Crippen molar-refractivity contribution in [3.05, 3.63) is 21.9 Å². The van der Waals surface area contributed by atoms with Crippen molar-refractivity contribution in [2.45, 2.75) is 13.5 Å². The molecule has 19 heavy (non-hydrogen) atoms. The molecule has 10 heteroatoms. The van der Waals surface area contributed by atoms with Gasteiger partial charge < -0.3 is 15.4 Å². The molecule has 0 atom stereocenters. The summed E-state index contributed by atoms with van der Waals surface area (Å²) in [5.41, 5.74) is -0.193. The standard InChI is InChI=1S/C9H14N4O5S/c1-3-19(17,18)5-4-12-6-7(9(14)10-2)8(11-12)13(15)16/h6H,3-5H2,1-2H3,(H,10,14). The highest BCUT2D eigenvalue weighted by Crippen LogP contribution is 2.15. The van der Waals surface area contributed by atoms with Gasteiger partial charge in [0.1, 0.15) is 0 Å². The first-order valence-electron chi connectivity index (χ1n) is 5.45. The van der Waals surface area contributed by atoms with Crippen LogP contribution in [-0.4, -0.2) is 47.6 Å². The summed E-state index contributed by atoms with van der Waals surface area (Å²) in [6, 6.07) is 0. The number of hydrogen-bond acceptors (Lipinski definition) is 6. The lowest BCUT2D eigenvalue weighted by Crippen LogP contribution is -2.18. The number of aromatic nitrogens is 2. The first-order chi connectivity index (χ1) is 8.80. The Bertz CT molecular complexity index is 592. The van der Waals surface area contributed by atoms with Gasteiger partial charge in [0.25, 0.3) is 5.91 Å². The zero-order valence-corrected chi connectivity index (χ0v) is 11.3. The van der Waals surface area contributed by atoms with E-state index in [-0.39, 0.29) is 23.6 Å². The third-order valence-electron chi connectivity index (χ3n) is 2.46. The third-order valence-corrected chi connectivity index (χ3v) is 4.14. The van der Waals surface area contributed by atoms with Crippen molar-refractivity contribution in [2.24, 2.45) is 0 Å². The summed E-state index contributed by atoms with van der Waals surface area (Å²) in [6.45, 7) is 1.48. The van der Waals surface area contributed by atoms with E-state index in [2.05, 4.69) is 10.4 Å². The van der Waals surface area contributed by atoms with E-state index in [9.17, 15) is 23.3 Å². The van der Waals surface area contributed by atoms with Crippen LogP contribution in [0.25, 0.3) is 0 Å². The number of nitrogens with zero attached hydrogens (tertiary/aromatic N) is 3. The zero-order chi connectivity index (χ0) is 14.6. The van der Waals surface area contributed by atoms with Gasteiger partial charge >= 0.3 is 5.82 Å². The molecule has 0 unspecified atom stereocenters. The first-order valence-corrected chi connectivity index (χ1v) is 7.27. The maximum Gasteiger partial charge on any atom is 0.402 e. The Kier molecular flexibility index (Phi) is 4.59.